The van der Waals surface area contributed by atoms with E-state index in [9.17, 15) is 19.5 Å². The number of benzene rings is 1. The smallest absolute Gasteiger partial charge is 0.320 e. The summed E-state index contributed by atoms with van der Waals surface area (Å²) < 4.78 is 0. The zero-order chi connectivity index (χ0) is 22.8. The van der Waals surface area contributed by atoms with E-state index in [4.69, 9.17) is 34.7 Å². The number of carbonyl (C=O) groups excluding carboxylic acids is 2. The van der Waals surface area contributed by atoms with Gasteiger partial charge in [0, 0.05) is 19.3 Å². The summed E-state index contributed by atoms with van der Waals surface area (Å²) >= 11 is 12.2. The van der Waals surface area contributed by atoms with Crippen molar-refractivity contribution in [2.24, 2.45) is 5.73 Å². The zero-order valence-corrected chi connectivity index (χ0v) is 20.3. The van der Waals surface area contributed by atoms with Crippen LogP contribution >= 0.6 is 48.0 Å². The minimum atomic E-state index is -2.10. The number of aromatic nitrogens is 1. The molecule has 2 amide bonds. The molecular formula is C20H23Cl4N5O4. The topological polar surface area (TPSA) is 152 Å². The maximum atomic E-state index is 13.5. The third-order valence-corrected chi connectivity index (χ3v) is 6.03. The molecular weight excluding hydrogens is 516 g/mol. The van der Waals surface area contributed by atoms with Gasteiger partial charge in [0.15, 0.2) is 0 Å². The van der Waals surface area contributed by atoms with E-state index in [0.29, 0.717) is 17.8 Å². The van der Waals surface area contributed by atoms with E-state index in [0.717, 1.165) is 0 Å². The molecule has 2 aromatic rings. The number of likely N-dealkylation sites (tertiary alicyclic amines) is 1. The van der Waals surface area contributed by atoms with Crippen molar-refractivity contribution < 1.29 is 19.5 Å². The number of carboxylic acid groups (broad SMARTS) is 1. The van der Waals surface area contributed by atoms with Gasteiger partial charge in [0.2, 0.25) is 5.54 Å². The number of anilines is 1. The minimum absolute atomic E-state index is 0. The predicted molar refractivity (Wildman–Crippen MR) is 130 cm³/mol. The van der Waals surface area contributed by atoms with Crippen LogP contribution in [-0.2, 0) is 26.5 Å². The molecule has 0 saturated carbocycles. The standard InChI is InChI=1S/C20H21Cl2N5O4.2ClH/c21-13-5-4-12(8-14(13)22)20(18(24)30,27-7-1-2-15(27)17(28)29)19(31)26-10-11-3-6-16(23)25-9-11;;/h3-6,8-9,15H,1-2,7,10H2,(H2,23,25)(H2,24,30)(H,26,31)(H,28,29);2*1H/t15-,20+;;/m1../s1. The molecule has 33 heavy (non-hydrogen) atoms. The number of nitrogens with one attached hydrogen (secondary N) is 1. The number of pyridine rings is 1. The molecule has 2 heterocycles. The fraction of sp³-hybridized carbons (Fsp3) is 0.300. The largest absolute Gasteiger partial charge is 0.480 e. The molecule has 0 bridgehead atoms. The number of nitrogen functional groups attached to an aromatic ring is 1. The third-order valence-electron chi connectivity index (χ3n) is 5.29. The van der Waals surface area contributed by atoms with E-state index >= 15 is 0 Å². The van der Waals surface area contributed by atoms with E-state index in [1.165, 1.54) is 29.3 Å². The molecule has 1 fully saturated rings. The molecule has 1 aromatic heterocycles. The number of hydrogen-bond acceptors (Lipinski definition) is 6. The number of rotatable bonds is 7. The van der Waals surface area contributed by atoms with E-state index in [1.807, 2.05) is 0 Å². The van der Waals surface area contributed by atoms with Crippen molar-refractivity contribution in [3.8, 4) is 0 Å². The van der Waals surface area contributed by atoms with Gasteiger partial charge in [0.25, 0.3) is 11.8 Å². The maximum Gasteiger partial charge on any atom is 0.320 e. The van der Waals surface area contributed by atoms with E-state index < -0.39 is 29.4 Å². The molecule has 13 heteroatoms. The van der Waals surface area contributed by atoms with Crippen LogP contribution < -0.4 is 16.8 Å². The first-order chi connectivity index (χ1) is 14.7. The zero-order valence-electron chi connectivity index (χ0n) is 17.2. The highest BCUT2D eigenvalue weighted by atomic mass is 35.5. The number of amides is 2. The van der Waals surface area contributed by atoms with Crippen LogP contribution in [0.25, 0.3) is 0 Å². The second-order valence-electron chi connectivity index (χ2n) is 7.17. The lowest BCUT2D eigenvalue weighted by molar-refractivity contribution is -0.153. The van der Waals surface area contributed by atoms with Crippen LogP contribution in [-0.4, -0.2) is 45.4 Å². The van der Waals surface area contributed by atoms with Gasteiger partial charge < -0.3 is 21.9 Å². The lowest BCUT2D eigenvalue weighted by Crippen LogP contribution is -2.65. The van der Waals surface area contributed by atoms with Crippen molar-refractivity contribution in [2.45, 2.75) is 31.0 Å². The Morgan fingerprint density at radius 2 is 1.88 bits per heavy atom. The molecule has 1 aliphatic rings. The van der Waals surface area contributed by atoms with E-state index in [1.54, 1.807) is 12.1 Å². The Kier molecular flexibility index (Phi) is 10.2. The fourth-order valence-electron chi connectivity index (χ4n) is 3.82. The average Bonchev–Trinajstić information content (AvgIpc) is 3.21. The van der Waals surface area contributed by atoms with E-state index in [-0.39, 0.29) is 59.9 Å². The first kappa shape index (κ1) is 28.7. The van der Waals surface area contributed by atoms with Crippen LogP contribution in [0, 0.1) is 0 Å². The number of nitrogens with two attached hydrogens (primary N) is 2. The molecule has 0 unspecified atom stereocenters. The normalized spacial score (nSPS) is 17.2. The Hall–Kier alpha value is -2.30. The number of aliphatic carboxylic acids is 1. The molecule has 1 saturated heterocycles. The first-order valence-electron chi connectivity index (χ1n) is 9.41. The first-order valence-corrected chi connectivity index (χ1v) is 10.2. The van der Waals surface area contributed by atoms with Crippen LogP contribution in [0.4, 0.5) is 5.82 Å². The van der Waals surface area contributed by atoms with Crippen molar-refractivity contribution in [3.63, 3.8) is 0 Å². The van der Waals surface area contributed by atoms with Gasteiger partial charge in [-0.1, -0.05) is 35.3 Å². The quantitative estimate of drug-likeness (QED) is 0.395. The fourth-order valence-corrected chi connectivity index (χ4v) is 4.12. The molecule has 2 atom stereocenters. The van der Waals surface area contributed by atoms with Crippen LogP contribution in [0.1, 0.15) is 24.0 Å². The van der Waals surface area contributed by atoms with Crippen molar-refractivity contribution in [3.05, 3.63) is 57.7 Å². The number of carbonyl (C=O) groups is 3. The maximum absolute atomic E-state index is 13.5. The number of hydrogen-bond donors (Lipinski definition) is 4. The van der Waals surface area contributed by atoms with Gasteiger partial charge in [-0.05, 0) is 42.2 Å². The molecule has 0 spiro atoms. The van der Waals surface area contributed by atoms with Crippen LogP contribution in [0.3, 0.4) is 0 Å². The predicted octanol–water partition coefficient (Wildman–Crippen LogP) is 2.36. The SMILES string of the molecule is Cl.Cl.NC(=O)[C@](C(=O)NCc1ccc(N)nc1)(c1ccc(Cl)c(Cl)c1)N1CCC[C@@H]1C(=O)O. The number of nitrogens with zero attached hydrogens (tertiary/aromatic N) is 2. The summed E-state index contributed by atoms with van der Waals surface area (Å²) in [5, 5.41) is 12.7. The van der Waals surface area contributed by atoms with Gasteiger partial charge in [-0.15, -0.1) is 24.8 Å². The Balaban J connectivity index is 0.00000272. The average molecular weight is 539 g/mol. The van der Waals surface area contributed by atoms with Gasteiger partial charge in [-0.25, -0.2) is 4.98 Å². The summed E-state index contributed by atoms with van der Waals surface area (Å²) in [4.78, 5) is 43.6. The highest BCUT2D eigenvalue weighted by molar-refractivity contribution is 6.42. The van der Waals surface area contributed by atoms with Crippen molar-refractivity contribution >= 4 is 71.6 Å². The number of carboxylic acids is 1. The summed E-state index contributed by atoms with van der Waals surface area (Å²) in [7, 11) is 0. The highest BCUT2D eigenvalue weighted by Gasteiger charge is 2.56. The number of primary amides is 1. The minimum Gasteiger partial charge on any atom is -0.480 e. The molecule has 0 radical (unpaired) electrons. The van der Waals surface area contributed by atoms with Gasteiger partial charge in [0.05, 0.1) is 10.0 Å². The second-order valence-corrected chi connectivity index (χ2v) is 7.98. The number of halogens is 4. The molecule has 6 N–H and O–H groups in total. The summed E-state index contributed by atoms with van der Waals surface area (Å²) in [6.45, 7) is 0.199. The Bertz CT molecular complexity index is 1020. The lowest BCUT2D eigenvalue weighted by Gasteiger charge is -2.40. The van der Waals surface area contributed by atoms with Crippen LogP contribution in [0.5, 0.6) is 0 Å². The van der Waals surface area contributed by atoms with Gasteiger partial charge in [-0.2, -0.15) is 0 Å². The van der Waals surface area contributed by atoms with Gasteiger partial charge in [0.1, 0.15) is 11.9 Å². The Labute approximate surface area is 212 Å². The second kappa shape index (κ2) is 11.7. The molecule has 9 nitrogen and oxygen atoms in total. The van der Waals surface area contributed by atoms with Crippen LogP contribution in [0.2, 0.25) is 10.0 Å². The Morgan fingerprint density at radius 3 is 2.42 bits per heavy atom. The van der Waals surface area contributed by atoms with Crippen molar-refractivity contribution in [1.82, 2.24) is 15.2 Å². The molecule has 3 rings (SSSR count). The monoisotopic (exact) mass is 537 g/mol. The Morgan fingerprint density at radius 1 is 1.18 bits per heavy atom. The summed E-state index contributed by atoms with van der Waals surface area (Å²) in [5.41, 5.74) is 10.0. The third kappa shape index (κ3) is 5.62. The summed E-state index contributed by atoms with van der Waals surface area (Å²) in [5.74, 6) is -2.63. The van der Waals surface area contributed by atoms with Crippen LogP contribution in [0.15, 0.2) is 36.5 Å². The van der Waals surface area contributed by atoms with E-state index in [2.05, 4.69) is 10.3 Å². The lowest BCUT2D eigenvalue weighted by atomic mass is 9.85. The van der Waals surface area contributed by atoms with Gasteiger partial charge in [-0.3, -0.25) is 19.3 Å². The van der Waals surface area contributed by atoms with Gasteiger partial charge >= 0.3 is 5.97 Å². The molecule has 180 valence electrons. The molecule has 1 aliphatic heterocycles. The van der Waals surface area contributed by atoms with Crippen molar-refractivity contribution in [2.75, 3.05) is 12.3 Å². The van der Waals surface area contributed by atoms with Crippen molar-refractivity contribution in [1.29, 1.82) is 0 Å². The molecule has 1 aromatic carbocycles. The highest BCUT2D eigenvalue weighted by Crippen LogP contribution is 2.38. The summed E-state index contributed by atoms with van der Waals surface area (Å²) in [6.07, 6.45) is 2.22. The molecule has 0 aliphatic carbocycles. The summed E-state index contributed by atoms with van der Waals surface area (Å²) in [6, 6.07) is 6.40.